The van der Waals surface area contributed by atoms with E-state index in [4.69, 9.17) is 0 Å². The molecule has 0 spiro atoms. The van der Waals surface area contributed by atoms with Gasteiger partial charge in [-0.05, 0) is 24.1 Å². The topological polar surface area (TPSA) is 54.9 Å². The van der Waals surface area contributed by atoms with Crippen molar-refractivity contribution < 1.29 is 13.2 Å². The molecule has 0 atom stereocenters. The van der Waals surface area contributed by atoms with Gasteiger partial charge in [0.15, 0.2) is 0 Å². The van der Waals surface area contributed by atoms with Gasteiger partial charge in [0.05, 0.1) is 10.9 Å². The summed E-state index contributed by atoms with van der Waals surface area (Å²) in [6, 6.07) is 3.48. The number of H-pyrrole nitrogens is 1. The van der Waals surface area contributed by atoms with Crippen molar-refractivity contribution >= 4 is 10.9 Å². The van der Waals surface area contributed by atoms with Crippen LogP contribution in [0.2, 0.25) is 0 Å². The third-order valence-corrected chi connectivity index (χ3v) is 3.58. The summed E-state index contributed by atoms with van der Waals surface area (Å²) in [6.45, 7) is 0.0906. The van der Waals surface area contributed by atoms with Crippen molar-refractivity contribution in [3.05, 3.63) is 44.9 Å². The lowest BCUT2D eigenvalue weighted by Crippen LogP contribution is -2.41. The molecule has 1 fully saturated rings. The lowest BCUT2D eigenvalue weighted by atomic mass is 9.81. The number of alkyl halides is 2. The molecule has 1 aliphatic rings. The zero-order valence-electron chi connectivity index (χ0n) is 10.3. The Bertz CT molecular complexity index is 786. The van der Waals surface area contributed by atoms with Crippen LogP contribution in [0, 0.1) is 11.7 Å². The summed E-state index contributed by atoms with van der Waals surface area (Å²) in [7, 11) is 0. The first-order valence-electron chi connectivity index (χ1n) is 6.16. The van der Waals surface area contributed by atoms with Gasteiger partial charge in [-0.25, -0.2) is 18.0 Å². The van der Waals surface area contributed by atoms with Gasteiger partial charge in [0.25, 0.3) is 5.56 Å². The minimum Gasteiger partial charge on any atom is -0.293 e. The second-order valence-electron chi connectivity index (χ2n) is 5.16. The molecule has 4 nitrogen and oxygen atoms in total. The number of halogens is 3. The molecule has 3 rings (SSSR count). The highest BCUT2D eigenvalue weighted by molar-refractivity contribution is 5.77. The standard InChI is InChI=1S/C13H11F3N2O2/c14-8-1-2-10-9(3-8)11(19)17-12(20)18(10)6-7-4-13(15,16)5-7/h1-3,7H,4-6H2,(H,17,19,20). The molecule has 0 aliphatic heterocycles. The summed E-state index contributed by atoms with van der Waals surface area (Å²) in [4.78, 5) is 25.5. The minimum absolute atomic E-state index is 0.0377. The Balaban J connectivity index is 2.06. The Labute approximate surface area is 110 Å². The van der Waals surface area contributed by atoms with Crippen LogP contribution < -0.4 is 11.2 Å². The van der Waals surface area contributed by atoms with Gasteiger partial charge in [0.2, 0.25) is 5.92 Å². The van der Waals surface area contributed by atoms with Crippen LogP contribution >= 0.6 is 0 Å². The van der Waals surface area contributed by atoms with Crippen molar-refractivity contribution in [2.24, 2.45) is 5.92 Å². The first-order valence-corrected chi connectivity index (χ1v) is 6.16. The summed E-state index contributed by atoms with van der Waals surface area (Å²) in [6.07, 6.45) is -0.553. The minimum atomic E-state index is -2.67. The van der Waals surface area contributed by atoms with E-state index < -0.39 is 23.0 Å². The van der Waals surface area contributed by atoms with Crippen molar-refractivity contribution in [3.8, 4) is 0 Å². The number of benzene rings is 1. The van der Waals surface area contributed by atoms with Crippen molar-refractivity contribution in [2.45, 2.75) is 25.3 Å². The first kappa shape index (κ1) is 13.0. The highest BCUT2D eigenvalue weighted by Crippen LogP contribution is 2.43. The van der Waals surface area contributed by atoms with Crippen LogP contribution in [0.3, 0.4) is 0 Å². The van der Waals surface area contributed by atoms with E-state index in [2.05, 4.69) is 4.98 Å². The average Bonchev–Trinajstić information content (AvgIpc) is 2.32. The zero-order valence-corrected chi connectivity index (χ0v) is 10.3. The van der Waals surface area contributed by atoms with Crippen LogP contribution in [-0.4, -0.2) is 15.5 Å². The summed E-state index contributed by atoms with van der Waals surface area (Å²) in [5, 5.41) is 0.0377. The fourth-order valence-electron chi connectivity index (χ4n) is 2.62. The zero-order chi connectivity index (χ0) is 14.5. The molecule has 1 heterocycles. The molecule has 2 aromatic rings. The Kier molecular flexibility index (Phi) is 2.74. The quantitative estimate of drug-likeness (QED) is 0.915. The highest BCUT2D eigenvalue weighted by Gasteiger charge is 2.45. The lowest BCUT2D eigenvalue weighted by Gasteiger charge is -2.35. The predicted molar refractivity (Wildman–Crippen MR) is 66.5 cm³/mol. The van der Waals surface area contributed by atoms with Crippen LogP contribution in [0.1, 0.15) is 12.8 Å². The average molecular weight is 284 g/mol. The maximum Gasteiger partial charge on any atom is 0.328 e. The molecule has 1 saturated carbocycles. The summed E-state index contributed by atoms with van der Waals surface area (Å²) in [5.74, 6) is -3.58. The Morgan fingerprint density at radius 2 is 2.00 bits per heavy atom. The number of aromatic amines is 1. The summed E-state index contributed by atoms with van der Waals surface area (Å²) in [5.41, 5.74) is -1.08. The predicted octanol–water partition coefficient (Wildman–Crippen LogP) is 1.87. The number of fused-ring (bicyclic) bond motifs is 1. The Hall–Kier alpha value is -2.05. The number of hydrogen-bond acceptors (Lipinski definition) is 2. The third-order valence-electron chi connectivity index (χ3n) is 3.58. The van der Waals surface area contributed by atoms with E-state index in [1.165, 1.54) is 10.6 Å². The first-order chi connectivity index (χ1) is 9.35. The van der Waals surface area contributed by atoms with E-state index in [1.807, 2.05) is 0 Å². The van der Waals surface area contributed by atoms with Crippen molar-refractivity contribution in [1.82, 2.24) is 9.55 Å². The molecule has 1 aliphatic carbocycles. The van der Waals surface area contributed by atoms with E-state index in [-0.39, 0.29) is 36.2 Å². The van der Waals surface area contributed by atoms with Crippen LogP contribution in [0.5, 0.6) is 0 Å². The van der Waals surface area contributed by atoms with Crippen molar-refractivity contribution in [2.75, 3.05) is 0 Å². The second kappa shape index (κ2) is 4.22. The molecule has 1 aromatic carbocycles. The van der Waals surface area contributed by atoms with E-state index in [0.29, 0.717) is 0 Å². The SMILES string of the molecule is O=c1[nH]c(=O)n(CC2CC(F)(F)C2)c2ccc(F)cc12. The van der Waals surface area contributed by atoms with Crippen molar-refractivity contribution in [3.63, 3.8) is 0 Å². The lowest BCUT2D eigenvalue weighted by molar-refractivity contribution is -0.114. The van der Waals surface area contributed by atoms with E-state index >= 15 is 0 Å². The fraction of sp³-hybridized carbons (Fsp3) is 0.385. The largest absolute Gasteiger partial charge is 0.328 e. The van der Waals surface area contributed by atoms with Gasteiger partial charge < -0.3 is 0 Å². The van der Waals surface area contributed by atoms with Crippen LogP contribution in [0.15, 0.2) is 27.8 Å². The molecule has 7 heteroatoms. The maximum atomic E-state index is 13.2. The van der Waals surface area contributed by atoms with Gasteiger partial charge in [-0.1, -0.05) is 0 Å². The molecular formula is C13H11F3N2O2. The number of nitrogens with one attached hydrogen (secondary N) is 1. The normalized spacial score (nSPS) is 18.1. The fourth-order valence-corrected chi connectivity index (χ4v) is 2.62. The molecule has 1 N–H and O–H groups in total. The van der Waals surface area contributed by atoms with Crippen LogP contribution in [0.4, 0.5) is 13.2 Å². The number of aromatic nitrogens is 2. The van der Waals surface area contributed by atoms with Crippen LogP contribution in [-0.2, 0) is 6.54 Å². The molecule has 0 unspecified atom stereocenters. The maximum absolute atomic E-state index is 13.2. The molecule has 20 heavy (non-hydrogen) atoms. The summed E-state index contributed by atoms with van der Waals surface area (Å²) < 4.78 is 40.0. The van der Waals surface area contributed by atoms with Gasteiger partial charge in [-0.2, -0.15) is 0 Å². The molecule has 0 saturated heterocycles. The molecular weight excluding hydrogens is 273 g/mol. The molecule has 106 valence electrons. The van der Waals surface area contributed by atoms with Gasteiger partial charge in [0.1, 0.15) is 5.82 Å². The molecule has 1 aromatic heterocycles. The van der Waals surface area contributed by atoms with Gasteiger partial charge in [0, 0.05) is 19.4 Å². The third kappa shape index (κ3) is 2.13. The number of hydrogen-bond donors (Lipinski definition) is 1. The Morgan fingerprint density at radius 1 is 1.30 bits per heavy atom. The van der Waals surface area contributed by atoms with E-state index in [9.17, 15) is 22.8 Å². The number of rotatable bonds is 2. The molecule has 0 bridgehead atoms. The highest BCUT2D eigenvalue weighted by atomic mass is 19.3. The van der Waals surface area contributed by atoms with Gasteiger partial charge in [-0.3, -0.25) is 14.3 Å². The van der Waals surface area contributed by atoms with Gasteiger partial charge in [-0.15, -0.1) is 0 Å². The molecule has 0 radical (unpaired) electrons. The van der Waals surface area contributed by atoms with E-state index in [1.54, 1.807) is 0 Å². The van der Waals surface area contributed by atoms with E-state index in [0.717, 1.165) is 12.1 Å². The second-order valence-corrected chi connectivity index (χ2v) is 5.16. The van der Waals surface area contributed by atoms with Crippen molar-refractivity contribution in [1.29, 1.82) is 0 Å². The number of nitrogens with zero attached hydrogens (tertiary/aromatic N) is 1. The van der Waals surface area contributed by atoms with Crippen LogP contribution in [0.25, 0.3) is 10.9 Å². The molecule has 0 amide bonds. The monoisotopic (exact) mass is 284 g/mol. The van der Waals surface area contributed by atoms with Gasteiger partial charge >= 0.3 is 5.69 Å². The summed E-state index contributed by atoms with van der Waals surface area (Å²) >= 11 is 0. The smallest absolute Gasteiger partial charge is 0.293 e. The Morgan fingerprint density at radius 3 is 2.65 bits per heavy atom.